The van der Waals surface area contributed by atoms with Gasteiger partial charge in [0.05, 0.1) is 24.4 Å². The summed E-state index contributed by atoms with van der Waals surface area (Å²) < 4.78 is 71.8. The van der Waals surface area contributed by atoms with Gasteiger partial charge in [0.25, 0.3) is 0 Å². The van der Waals surface area contributed by atoms with Gasteiger partial charge in [-0.25, -0.2) is 0 Å². The van der Waals surface area contributed by atoms with Crippen LogP contribution >= 0.6 is 0 Å². The highest BCUT2D eigenvalue weighted by Gasteiger charge is 2.50. The Balaban J connectivity index is 1.33. The lowest BCUT2D eigenvalue weighted by atomic mass is 9.67. The van der Waals surface area contributed by atoms with E-state index < -0.39 is 67.5 Å². The highest BCUT2D eigenvalue weighted by atomic mass is 16.7. The topological polar surface area (TPSA) is 151 Å². The van der Waals surface area contributed by atoms with Crippen LogP contribution in [0.3, 0.4) is 0 Å². The molecule has 0 amide bonds. The highest BCUT2D eigenvalue weighted by Crippen LogP contribution is 2.42. The van der Waals surface area contributed by atoms with E-state index >= 15 is 0 Å². The Labute approximate surface area is 409 Å². The second-order valence-corrected chi connectivity index (χ2v) is 19.3. The van der Waals surface area contributed by atoms with Crippen molar-refractivity contribution in [2.45, 2.75) is 154 Å². The van der Waals surface area contributed by atoms with Gasteiger partial charge in [-0.15, -0.1) is 0 Å². The van der Waals surface area contributed by atoms with E-state index in [0.29, 0.717) is 12.5 Å². The Morgan fingerprint density at radius 2 is 0.926 bits per heavy atom. The summed E-state index contributed by atoms with van der Waals surface area (Å²) in [6.07, 6.45) is 17.3. The van der Waals surface area contributed by atoms with Gasteiger partial charge >= 0.3 is 0 Å². The van der Waals surface area contributed by atoms with Gasteiger partial charge in [-0.05, 0) is 67.9 Å². The lowest BCUT2D eigenvalue weighted by Gasteiger charge is -2.45. The molecule has 22 atom stereocenters. The molecule has 0 aromatic rings. The van der Waals surface area contributed by atoms with Crippen LogP contribution in [0.4, 0.5) is 0 Å². The molecule has 0 unspecified atom stereocenters. The van der Waals surface area contributed by atoms with Gasteiger partial charge in [-0.3, -0.25) is 0 Å². The standard InChI is InChI=1S/C54H90O14/c1-17-41(57-8)35(6)37-26-28-39(37)43(55)31(2)22-19-24-34(5)46-48(60-11)50(52(63-14)54(65-16)68-46)66-30-20-25-42(58-9)36(7)38-27-29-40(38)44(56)32(3)21-18-23-33(4)45-47(59-10)49(61-12)51(62-13)53(64-15)67-45/h18-19,21-24,26-29,31-32,35-56H,17,20,25,30H2,1-16H3/b21-18+,22-19+,33-23+,34-24+/t31-,32-,35-,36-,37+,38+,39-,40-,41-,42-,43+,44+,45+,46+,47-,48+,49-,50-,51+,52-,53-,54-/m0/s1. The SMILES string of the molecule is CC[C@H](OC)[C@@H](C)[C@H]1C=C[C@@H]1[C@H](O)[C@@H](C)/C=C/C=C(\C)[C@H]1O[C@H](OC)[C@@H](OC)[C@@H](OCCC[C@H](OC)[C@@H](C)[C@H]2C=C[C@@H]2[C@H](O)[C@@H](C)/C=C/C=C(\C)[C@H]2O[C@H](OC)[C@H](OC)[C@@H](OC)[C@H]2OC)[C@@H]1OC. The Kier molecular flexibility index (Phi) is 24.8. The molecule has 2 aliphatic heterocycles. The second kappa shape index (κ2) is 28.8. The molecule has 4 rings (SSSR count). The molecule has 2 saturated heterocycles. The second-order valence-electron chi connectivity index (χ2n) is 19.3. The molecule has 2 N–H and O–H groups in total. The predicted molar refractivity (Wildman–Crippen MR) is 263 cm³/mol. The number of methoxy groups -OCH3 is 9. The molecule has 4 aliphatic rings. The normalized spacial score (nSPS) is 36.0. The zero-order chi connectivity index (χ0) is 50.2. The third kappa shape index (κ3) is 13.9. The van der Waals surface area contributed by atoms with Gasteiger partial charge in [-0.1, -0.05) is 95.4 Å². The van der Waals surface area contributed by atoms with Crippen molar-refractivity contribution in [1.29, 1.82) is 0 Å². The molecule has 0 saturated carbocycles. The van der Waals surface area contributed by atoms with Crippen LogP contribution in [0.25, 0.3) is 0 Å². The van der Waals surface area contributed by atoms with Crippen molar-refractivity contribution in [2.24, 2.45) is 47.3 Å². The van der Waals surface area contributed by atoms with Crippen molar-refractivity contribution in [3.63, 3.8) is 0 Å². The maximum atomic E-state index is 11.6. The minimum Gasteiger partial charge on any atom is -0.392 e. The summed E-state index contributed by atoms with van der Waals surface area (Å²) in [5.41, 5.74) is 1.88. The van der Waals surface area contributed by atoms with E-state index in [1.54, 1.807) is 64.0 Å². The molecule has 0 aromatic heterocycles. The number of hydrogen-bond acceptors (Lipinski definition) is 14. The van der Waals surface area contributed by atoms with Crippen LogP contribution in [0, 0.1) is 47.3 Å². The number of aliphatic hydroxyl groups excluding tert-OH is 2. The molecule has 0 spiro atoms. The van der Waals surface area contributed by atoms with Crippen molar-refractivity contribution in [1.82, 2.24) is 0 Å². The zero-order valence-electron chi connectivity index (χ0n) is 44.1. The molecule has 2 fully saturated rings. The first-order valence-electron chi connectivity index (χ1n) is 24.8. The van der Waals surface area contributed by atoms with E-state index in [-0.39, 0.29) is 59.7 Å². The molecule has 0 bridgehead atoms. The molecule has 2 heterocycles. The fourth-order valence-electron chi connectivity index (χ4n) is 10.9. The monoisotopic (exact) mass is 963 g/mol. The van der Waals surface area contributed by atoms with Crippen molar-refractivity contribution >= 4 is 0 Å². The molecule has 68 heavy (non-hydrogen) atoms. The maximum Gasteiger partial charge on any atom is 0.186 e. The van der Waals surface area contributed by atoms with Crippen LogP contribution in [0.1, 0.15) is 67.7 Å². The van der Waals surface area contributed by atoms with Crippen LogP contribution in [-0.4, -0.2) is 167 Å². The van der Waals surface area contributed by atoms with Crippen LogP contribution in [0.15, 0.2) is 71.9 Å². The minimum atomic E-state index is -0.680. The molecular weight excluding hydrogens is 873 g/mol. The van der Waals surface area contributed by atoms with Crippen LogP contribution in [0.2, 0.25) is 0 Å². The number of ether oxygens (including phenoxy) is 12. The summed E-state index contributed by atoms with van der Waals surface area (Å²) in [6.45, 7) is 15.1. The van der Waals surface area contributed by atoms with Crippen molar-refractivity contribution in [2.75, 3.05) is 70.6 Å². The molecule has 390 valence electrons. The lowest BCUT2D eigenvalue weighted by Crippen LogP contribution is -2.60. The number of aliphatic hydroxyl groups is 2. The quantitative estimate of drug-likeness (QED) is 0.0439. The molecule has 0 aromatic carbocycles. The summed E-state index contributed by atoms with van der Waals surface area (Å²) in [6, 6.07) is 0. The number of allylic oxidation sites excluding steroid dienone is 6. The van der Waals surface area contributed by atoms with Gasteiger partial charge < -0.3 is 67.1 Å². The lowest BCUT2D eigenvalue weighted by molar-refractivity contribution is -0.298. The Bertz CT molecular complexity index is 1640. The average molecular weight is 963 g/mol. The first kappa shape index (κ1) is 58.5. The highest BCUT2D eigenvalue weighted by molar-refractivity contribution is 5.22. The van der Waals surface area contributed by atoms with Crippen LogP contribution in [0.5, 0.6) is 0 Å². The summed E-state index contributed by atoms with van der Waals surface area (Å²) in [5.74, 6) is 0.818. The first-order valence-corrected chi connectivity index (χ1v) is 24.8. The summed E-state index contributed by atoms with van der Waals surface area (Å²) >= 11 is 0. The molecular formula is C54H90O14. The Hall–Kier alpha value is -2.12. The smallest absolute Gasteiger partial charge is 0.186 e. The summed E-state index contributed by atoms with van der Waals surface area (Å²) in [4.78, 5) is 0. The molecule has 0 radical (unpaired) electrons. The average Bonchev–Trinajstić information content (AvgIpc) is 3.31. The van der Waals surface area contributed by atoms with Crippen molar-refractivity contribution in [3.8, 4) is 0 Å². The Morgan fingerprint density at radius 1 is 0.529 bits per heavy atom. The van der Waals surface area contributed by atoms with Gasteiger partial charge in [-0.2, -0.15) is 0 Å². The van der Waals surface area contributed by atoms with E-state index in [0.717, 1.165) is 30.4 Å². The van der Waals surface area contributed by atoms with E-state index in [9.17, 15) is 10.2 Å². The third-order valence-electron chi connectivity index (χ3n) is 15.5. The fourth-order valence-corrected chi connectivity index (χ4v) is 10.9. The van der Waals surface area contributed by atoms with Crippen molar-refractivity contribution < 1.29 is 67.1 Å². The van der Waals surface area contributed by atoms with Crippen molar-refractivity contribution in [3.05, 3.63) is 71.9 Å². The van der Waals surface area contributed by atoms with Gasteiger partial charge in [0.1, 0.15) is 48.8 Å². The van der Waals surface area contributed by atoms with Gasteiger partial charge in [0, 0.05) is 94.3 Å². The molecule has 14 nitrogen and oxygen atoms in total. The van der Waals surface area contributed by atoms with Gasteiger partial charge in [0.15, 0.2) is 12.6 Å². The maximum absolute atomic E-state index is 11.6. The number of rotatable bonds is 29. The fraction of sp³-hybridized carbons (Fsp3) is 0.778. The van der Waals surface area contributed by atoms with Gasteiger partial charge in [0.2, 0.25) is 0 Å². The largest absolute Gasteiger partial charge is 0.392 e. The summed E-state index contributed by atoms with van der Waals surface area (Å²) in [5, 5.41) is 22.9. The Morgan fingerprint density at radius 3 is 1.29 bits per heavy atom. The number of hydrogen-bond donors (Lipinski definition) is 2. The zero-order valence-corrected chi connectivity index (χ0v) is 44.1. The molecule has 14 heteroatoms. The van der Waals surface area contributed by atoms with E-state index in [1.807, 2.05) is 57.2 Å². The van der Waals surface area contributed by atoms with E-state index in [2.05, 4.69) is 52.0 Å². The van der Waals surface area contributed by atoms with Crippen LogP contribution in [-0.2, 0) is 56.8 Å². The minimum absolute atomic E-state index is 0.00981. The molecule has 2 aliphatic carbocycles. The van der Waals surface area contributed by atoms with E-state index in [1.165, 1.54) is 0 Å². The first-order chi connectivity index (χ1) is 32.7. The van der Waals surface area contributed by atoms with E-state index in [4.69, 9.17) is 56.8 Å². The third-order valence-corrected chi connectivity index (χ3v) is 15.5. The summed E-state index contributed by atoms with van der Waals surface area (Å²) in [7, 11) is 14.9. The predicted octanol–water partition coefficient (Wildman–Crippen LogP) is 7.29. The van der Waals surface area contributed by atoms with Crippen LogP contribution < -0.4 is 0 Å².